The van der Waals surface area contributed by atoms with Gasteiger partial charge in [-0.1, -0.05) is 49.4 Å². The van der Waals surface area contributed by atoms with Crippen molar-refractivity contribution < 1.29 is 9.47 Å². The smallest absolute Gasteiger partial charge is 0.181 e. The highest BCUT2D eigenvalue weighted by molar-refractivity contribution is 5.45. The highest BCUT2D eigenvalue weighted by atomic mass is 16.6. The summed E-state index contributed by atoms with van der Waals surface area (Å²) in [6.07, 6.45) is 2.84. The summed E-state index contributed by atoms with van der Waals surface area (Å²) >= 11 is 0. The van der Waals surface area contributed by atoms with E-state index in [1.54, 1.807) is 0 Å². The lowest BCUT2D eigenvalue weighted by molar-refractivity contribution is 0.147. The van der Waals surface area contributed by atoms with Crippen LogP contribution in [-0.4, -0.2) is 0 Å². The third-order valence-electron chi connectivity index (χ3n) is 3.09. The second-order valence-corrected chi connectivity index (χ2v) is 4.47. The van der Waals surface area contributed by atoms with Gasteiger partial charge in [0, 0.05) is 5.56 Å². The zero-order chi connectivity index (χ0) is 13.1. The molecule has 1 atom stereocenters. The molecule has 0 aromatic heterocycles. The Labute approximate surface area is 113 Å². The zero-order valence-electron chi connectivity index (χ0n) is 10.9. The standard InChI is InChI=1S/C17H16O2/c1-2-8-16-17(13-9-4-3-5-10-13)19-15-12-7-6-11-14(15)18-16/h3-12,17H,2H2,1H3/b16-8-. The third-order valence-corrected chi connectivity index (χ3v) is 3.09. The Morgan fingerprint density at radius 2 is 1.63 bits per heavy atom. The van der Waals surface area contributed by atoms with Gasteiger partial charge >= 0.3 is 0 Å². The van der Waals surface area contributed by atoms with E-state index >= 15 is 0 Å². The van der Waals surface area contributed by atoms with Gasteiger partial charge in [0.15, 0.2) is 17.6 Å². The SMILES string of the molecule is CC/C=C1\Oc2ccccc2OC1c1ccccc1. The maximum Gasteiger partial charge on any atom is 0.181 e. The van der Waals surface area contributed by atoms with E-state index in [2.05, 4.69) is 25.1 Å². The van der Waals surface area contributed by atoms with E-state index in [9.17, 15) is 0 Å². The van der Waals surface area contributed by atoms with Crippen molar-refractivity contribution in [2.45, 2.75) is 19.4 Å². The molecule has 0 saturated carbocycles. The lowest BCUT2D eigenvalue weighted by atomic mass is 10.1. The van der Waals surface area contributed by atoms with E-state index in [1.807, 2.05) is 42.5 Å². The highest BCUT2D eigenvalue weighted by Gasteiger charge is 2.27. The van der Waals surface area contributed by atoms with Crippen LogP contribution < -0.4 is 9.47 Å². The summed E-state index contributed by atoms with van der Waals surface area (Å²) in [6, 6.07) is 17.9. The predicted molar refractivity (Wildman–Crippen MR) is 75.3 cm³/mol. The van der Waals surface area contributed by atoms with Crippen molar-refractivity contribution in [1.82, 2.24) is 0 Å². The van der Waals surface area contributed by atoms with Crippen LogP contribution in [0.4, 0.5) is 0 Å². The average Bonchev–Trinajstić information content (AvgIpc) is 2.48. The molecule has 0 saturated heterocycles. The molecule has 0 N–H and O–H groups in total. The quantitative estimate of drug-likeness (QED) is 0.783. The first-order chi connectivity index (χ1) is 9.38. The first-order valence-electron chi connectivity index (χ1n) is 6.57. The minimum atomic E-state index is -0.156. The molecule has 2 heteroatoms. The summed E-state index contributed by atoms with van der Waals surface area (Å²) in [5.74, 6) is 2.45. The maximum absolute atomic E-state index is 6.09. The van der Waals surface area contributed by atoms with Crippen molar-refractivity contribution in [3.05, 3.63) is 72.0 Å². The van der Waals surface area contributed by atoms with Crippen molar-refractivity contribution in [3.8, 4) is 11.5 Å². The fourth-order valence-electron chi connectivity index (χ4n) is 2.21. The van der Waals surface area contributed by atoms with Crippen LogP contribution in [0, 0.1) is 0 Å². The maximum atomic E-state index is 6.09. The van der Waals surface area contributed by atoms with Gasteiger partial charge in [0.1, 0.15) is 5.76 Å². The molecule has 2 aromatic rings. The second-order valence-electron chi connectivity index (χ2n) is 4.47. The molecule has 1 heterocycles. The van der Waals surface area contributed by atoms with Gasteiger partial charge in [-0.05, 0) is 24.6 Å². The fourth-order valence-corrected chi connectivity index (χ4v) is 2.21. The van der Waals surface area contributed by atoms with Crippen LogP contribution in [0.2, 0.25) is 0 Å². The van der Waals surface area contributed by atoms with Crippen LogP contribution >= 0.6 is 0 Å². The molecule has 0 spiro atoms. The van der Waals surface area contributed by atoms with E-state index in [-0.39, 0.29) is 6.10 Å². The lowest BCUT2D eigenvalue weighted by Gasteiger charge is -2.29. The molecule has 0 fully saturated rings. The van der Waals surface area contributed by atoms with Gasteiger partial charge in [-0.25, -0.2) is 0 Å². The van der Waals surface area contributed by atoms with Crippen molar-refractivity contribution in [3.63, 3.8) is 0 Å². The summed E-state index contributed by atoms with van der Waals surface area (Å²) in [7, 11) is 0. The summed E-state index contributed by atoms with van der Waals surface area (Å²) in [5.41, 5.74) is 1.11. The Morgan fingerprint density at radius 3 is 2.37 bits per heavy atom. The second kappa shape index (κ2) is 5.19. The van der Waals surface area contributed by atoms with Crippen LogP contribution in [0.1, 0.15) is 25.0 Å². The van der Waals surface area contributed by atoms with Gasteiger partial charge in [-0.15, -0.1) is 0 Å². The van der Waals surface area contributed by atoms with E-state index in [1.165, 1.54) is 0 Å². The summed E-state index contributed by atoms with van der Waals surface area (Å²) < 4.78 is 12.1. The number of ether oxygens (including phenoxy) is 2. The van der Waals surface area contributed by atoms with Crippen LogP contribution in [0.5, 0.6) is 11.5 Å². The van der Waals surface area contributed by atoms with Crippen molar-refractivity contribution in [2.24, 2.45) is 0 Å². The average molecular weight is 252 g/mol. The number of allylic oxidation sites excluding steroid dienone is 1. The van der Waals surface area contributed by atoms with Gasteiger partial charge < -0.3 is 9.47 Å². The Kier molecular flexibility index (Phi) is 3.23. The van der Waals surface area contributed by atoms with Crippen molar-refractivity contribution >= 4 is 0 Å². The molecular formula is C17H16O2. The van der Waals surface area contributed by atoms with Crippen molar-refractivity contribution in [2.75, 3.05) is 0 Å². The molecule has 0 bridgehead atoms. The molecular weight excluding hydrogens is 236 g/mol. The number of benzene rings is 2. The molecule has 96 valence electrons. The minimum Gasteiger partial charge on any atom is -0.474 e. The van der Waals surface area contributed by atoms with Crippen LogP contribution in [0.3, 0.4) is 0 Å². The number of hydrogen-bond acceptors (Lipinski definition) is 2. The van der Waals surface area contributed by atoms with Crippen LogP contribution in [0.25, 0.3) is 0 Å². The molecule has 1 aliphatic heterocycles. The molecule has 3 rings (SSSR count). The number of para-hydroxylation sites is 2. The summed E-state index contributed by atoms with van der Waals surface area (Å²) in [5, 5.41) is 0. The molecule has 0 aliphatic carbocycles. The topological polar surface area (TPSA) is 18.5 Å². The zero-order valence-corrected chi connectivity index (χ0v) is 10.9. The monoisotopic (exact) mass is 252 g/mol. The Hall–Kier alpha value is -2.22. The van der Waals surface area contributed by atoms with E-state index in [0.29, 0.717) is 0 Å². The first-order valence-corrected chi connectivity index (χ1v) is 6.57. The number of fused-ring (bicyclic) bond motifs is 1. The molecule has 0 radical (unpaired) electrons. The van der Waals surface area contributed by atoms with E-state index in [0.717, 1.165) is 29.2 Å². The van der Waals surface area contributed by atoms with Crippen LogP contribution in [0.15, 0.2) is 66.4 Å². The lowest BCUT2D eigenvalue weighted by Crippen LogP contribution is -2.19. The van der Waals surface area contributed by atoms with Gasteiger partial charge in [-0.3, -0.25) is 0 Å². The molecule has 19 heavy (non-hydrogen) atoms. The first kappa shape index (κ1) is 11.8. The molecule has 2 aromatic carbocycles. The normalized spacial score (nSPS) is 19.4. The highest BCUT2D eigenvalue weighted by Crippen LogP contribution is 2.41. The van der Waals surface area contributed by atoms with Gasteiger partial charge in [-0.2, -0.15) is 0 Å². The van der Waals surface area contributed by atoms with Gasteiger partial charge in [0.05, 0.1) is 0 Å². The molecule has 0 amide bonds. The minimum absolute atomic E-state index is 0.156. The van der Waals surface area contributed by atoms with Gasteiger partial charge in [0.25, 0.3) is 0 Å². The number of hydrogen-bond donors (Lipinski definition) is 0. The summed E-state index contributed by atoms with van der Waals surface area (Å²) in [4.78, 5) is 0. The van der Waals surface area contributed by atoms with E-state index < -0.39 is 0 Å². The van der Waals surface area contributed by atoms with Crippen molar-refractivity contribution in [1.29, 1.82) is 0 Å². The molecule has 1 unspecified atom stereocenters. The number of rotatable bonds is 2. The third kappa shape index (κ3) is 2.34. The van der Waals surface area contributed by atoms with Crippen LogP contribution in [-0.2, 0) is 0 Å². The largest absolute Gasteiger partial charge is 0.474 e. The molecule has 2 nitrogen and oxygen atoms in total. The Morgan fingerprint density at radius 1 is 0.947 bits per heavy atom. The fraction of sp³-hybridized carbons (Fsp3) is 0.176. The van der Waals surface area contributed by atoms with Gasteiger partial charge in [0.2, 0.25) is 0 Å². The Balaban J connectivity index is 2.01. The Bertz CT molecular complexity index is 587. The van der Waals surface area contributed by atoms with E-state index in [4.69, 9.17) is 9.47 Å². The predicted octanol–water partition coefficient (Wildman–Crippen LogP) is 4.49. The molecule has 1 aliphatic rings. The summed E-state index contributed by atoms with van der Waals surface area (Å²) in [6.45, 7) is 2.10.